The lowest BCUT2D eigenvalue weighted by atomic mass is 9.99. The van der Waals surface area contributed by atoms with Crippen LogP contribution in [0.2, 0.25) is 0 Å². The van der Waals surface area contributed by atoms with Crippen LogP contribution in [0.15, 0.2) is 41.4 Å². The molecule has 2 aliphatic rings. The Hall–Kier alpha value is -2.85. The number of H-pyrrole nitrogens is 1. The minimum atomic E-state index is -3.83. The number of sulfonamides is 1. The van der Waals surface area contributed by atoms with E-state index in [1.54, 1.807) is 36.3 Å². The van der Waals surface area contributed by atoms with Crippen LogP contribution in [0.25, 0.3) is 0 Å². The highest BCUT2D eigenvalue weighted by molar-refractivity contribution is 7.89. The Morgan fingerprint density at radius 1 is 1.09 bits per heavy atom. The maximum atomic E-state index is 13.3. The second kappa shape index (κ2) is 10.2. The molecule has 0 aliphatic carbocycles. The van der Waals surface area contributed by atoms with E-state index in [0.29, 0.717) is 49.8 Å². The fourth-order valence-corrected chi connectivity index (χ4v) is 5.99. The zero-order valence-electron chi connectivity index (χ0n) is 19.6. The van der Waals surface area contributed by atoms with E-state index in [9.17, 15) is 18.0 Å². The summed E-state index contributed by atoms with van der Waals surface area (Å²) in [7, 11) is -2.26. The van der Waals surface area contributed by atoms with Gasteiger partial charge >= 0.3 is 0 Å². The number of methoxy groups -OCH3 is 1. The average molecular weight is 489 g/mol. The highest BCUT2D eigenvalue weighted by Gasteiger charge is 2.34. The molecule has 2 N–H and O–H groups in total. The molecule has 3 heterocycles. The van der Waals surface area contributed by atoms with Gasteiger partial charge in [0, 0.05) is 38.1 Å². The van der Waals surface area contributed by atoms with Crippen molar-refractivity contribution in [2.75, 3.05) is 38.6 Å². The van der Waals surface area contributed by atoms with Gasteiger partial charge in [-0.1, -0.05) is 6.92 Å². The summed E-state index contributed by atoms with van der Waals surface area (Å²) in [5, 5.41) is 2.86. The van der Waals surface area contributed by atoms with Crippen molar-refractivity contribution in [1.29, 1.82) is 0 Å². The minimum absolute atomic E-state index is 0.0532. The SMILES string of the molecule is COc1ccc(NC(=O)C2CCCN(S(=O)(=O)c3c[nH]c(C(=O)N4CCC(C)CC4)c3)C2)cc1. The van der Waals surface area contributed by atoms with Gasteiger partial charge in [-0.3, -0.25) is 9.59 Å². The first-order valence-corrected chi connectivity index (χ1v) is 13.1. The Kier molecular flexibility index (Phi) is 7.27. The second-order valence-corrected chi connectivity index (χ2v) is 11.1. The number of piperidine rings is 2. The highest BCUT2D eigenvalue weighted by Crippen LogP contribution is 2.26. The number of amides is 2. The molecule has 9 nitrogen and oxygen atoms in total. The third-order valence-electron chi connectivity index (χ3n) is 6.71. The smallest absolute Gasteiger partial charge is 0.270 e. The zero-order chi connectivity index (χ0) is 24.3. The first-order chi connectivity index (χ1) is 16.3. The summed E-state index contributed by atoms with van der Waals surface area (Å²) in [5.41, 5.74) is 0.908. The van der Waals surface area contributed by atoms with Gasteiger partial charge in [-0.15, -0.1) is 0 Å². The molecule has 0 spiro atoms. The number of aromatic amines is 1. The molecule has 1 unspecified atom stereocenters. The lowest BCUT2D eigenvalue weighted by molar-refractivity contribution is -0.120. The van der Waals surface area contributed by atoms with Crippen molar-refractivity contribution >= 4 is 27.5 Å². The summed E-state index contributed by atoms with van der Waals surface area (Å²) in [6, 6.07) is 8.41. The molecule has 1 aromatic heterocycles. The van der Waals surface area contributed by atoms with Crippen molar-refractivity contribution in [2.45, 2.75) is 37.5 Å². The number of anilines is 1. The van der Waals surface area contributed by atoms with Gasteiger partial charge in [0.1, 0.15) is 16.3 Å². The van der Waals surface area contributed by atoms with Crippen molar-refractivity contribution in [3.05, 3.63) is 42.2 Å². The van der Waals surface area contributed by atoms with E-state index in [1.807, 2.05) is 0 Å². The van der Waals surface area contributed by atoms with E-state index in [1.165, 1.54) is 16.6 Å². The number of carbonyl (C=O) groups is 2. The lowest BCUT2D eigenvalue weighted by Gasteiger charge is -2.31. The third kappa shape index (κ3) is 5.28. The van der Waals surface area contributed by atoms with Gasteiger partial charge < -0.3 is 19.9 Å². The molecular weight excluding hydrogens is 456 g/mol. The largest absolute Gasteiger partial charge is 0.497 e. The number of hydrogen-bond donors (Lipinski definition) is 2. The number of aromatic nitrogens is 1. The molecule has 10 heteroatoms. The lowest BCUT2D eigenvalue weighted by Crippen LogP contribution is -2.43. The van der Waals surface area contributed by atoms with Crippen LogP contribution in [-0.2, 0) is 14.8 Å². The molecule has 2 aliphatic heterocycles. The van der Waals surface area contributed by atoms with Crippen LogP contribution in [0, 0.1) is 11.8 Å². The van der Waals surface area contributed by atoms with Gasteiger partial charge in [-0.25, -0.2) is 8.42 Å². The second-order valence-electron chi connectivity index (χ2n) is 9.14. The molecule has 0 bridgehead atoms. The summed E-state index contributed by atoms with van der Waals surface area (Å²) in [5.74, 6) is 0.434. The summed E-state index contributed by atoms with van der Waals surface area (Å²) in [6.07, 6.45) is 4.47. The maximum absolute atomic E-state index is 13.3. The molecule has 2 fully saturated rings. The molecule has 0 saturated carbocycles. The van der Waals surface area contributed by atoms with Crippen LogP contribution >= 0.6 is 0 Å². The number of likely N-dealkylation sites (tertiary alicyclic amines) is 1. The molecule has 1 atom stereocenters. The first kappa shape index (κ1) is 24.3. The van der Waals surface area contributed by atoms with Crippen molar-refractivity contribution in [3.63, 3.8) is 0 Å². The predicted octanol–water partition coefficient (Wildman–Crippen LogP) is 2.93. The monoisotopic (exact) mass is 488 g/mol. The number of nitrogens with zero attached hydrogens (tertiary/aromatic N) is 2. The van der Waals surface area contributed by atoms with Crippen molar-refractivity contribution in [2.24, 2.45) is 11.8 Å². The van der Waals surface area contributed by atoms with E-state index < -0.39 is 15.9 Å². The zero-order valence-corrected chi connectivity index (χ0v) is 20.4. The van der Waals surface area contributed by atoms with Crippen molar-refractivity contribution in [1.82, 2.24) is 14.2 Å². The average Bonchev–Trinajstić information content (AvgIpc) is 3.36. The fourth-order valence-electron chi connectivity index (χ4n) is 4.47. The Labute approximate surface area is 200 Å². The van der Waals surface area contributed by atoms with Crippen LogP contribution in [0.3, 0.4) is 0 Å². The maximum Gasteiger partial charge on any atom is 0.270 e. The van der Waals surface area contributed by atoms with Crippen LogP contribution in [0.1, 0.15) is 43.1 Å². The quantitative estimate of drug-likeness (QED) is 0.649. The van der Waals surface area contributed by atoms with Crippen molar-refractivity contribution in [3.8, 4) is 5.75 Å². The summed E-state index contributed by atoms with van der Waals surface area (Å²) >= 11 is 0. The number of benzene rings is 1. The van der Waals surface area contributed by atoms with Crippen LogP contribution < -0.4 is 10.1 Å². The van der Waals surface area contributed by atoms with Crippen LogP contribution in [-0.4, -0.2) is 67.7 Å². The number of nitrogens with one attached hydrogen (secondary N) is 2. The molecular formula is C24H32N4O5S. The third-order valence-corrected chi connectivity index (χ3v) is 8.55. The molecule has 4 rings (SSSR count). The number of rotatable bonds is 6. The summed E-state index contributed by atoms with van der Waals surface area (Å²) < 4.78 is 33.0. The van der Waals surface area contributed by atoms with Gasteiger partial charge in [0.25, 0.3) is 5.91 Å². The molecule has 1 aromatic carbocycles. The van der Waals surface area contributed by atoms with E-state index in [0.717, 1.165) is 12.8 Å². The summed E-state index contributed by atoms with van der Waals surface area (Å²) in [4.78, 5) is 30.3. The van der Waals surface area contributed by atoms with E-state index in [2.05, 4.69) is 17.2 Å². The van der Waals surface area contributed by atoms with E-state index >= 15 is 0 Å². The molecule has 34 heavy (non-hydrogen) atoms. The Balaban J connectivity index is 1.41. The fraction of sp³-hybridized carbons (Fsp3) is 0.500. The van der Waals surface area contributed by atoms with Crippen molar-refractivity contribution < 1.29 is 22.7 Å². The number of hydrogen-bond acceptors (Lipinski definition) is 5. The van der Waals surface area contributed by atoms with Crippen LogP contribution in [0.5, 0.6) is 5.75 Å². The molecule has 2 amide bonds. The van der Waals surface area contributed by atoms with E-state index in [-0.39, 0.29) is 28.9 Å². The van der Waals surface area contributed by atoms with Crippen LogP contribution in [0.4, 0.5) is 5.69 Å². The Morgan fingerprint density at radius 3 is 2.47 bits per heavy atom. The first-order valence-electron chi connectivity index (χ1n) is 11.7. The van der Waals surface area contributed by atoms with Gasteiger partial charge in [-0.05, 0) is 61.9 Å². The molecule has 2 aromatic rings. The molecule has 2 saturated heterocycles. The van der Waals surface area contributed by atoms with Gasteiger partial charge in [0.05, 0.1) is 13.0 Å². The number of carbonyl (C=O) groups excluding carboxylic acids is 2. The standard InChI is InChI=1S/C24H32N4O5S/c1-17-9-12-27(13-10-17)24(30)22-14-21(15-25-22)34(31,32)28-11-3-4-18(16-28)23(29)26-19-5-7-20(33-2)8-6-19/h5-8,14-15,17-18,25H,3-4,9-13,16H2,1-2H3,(H,26,29). The van der Waals surface area contributed by atoms with E-state index in [4.69, 9.17) is 4.74 Å². The summed E-state index contributed by atoms with van der Waals surface area (Å²) in [6.45, 7) is 3.97. The van der Waals surface area contributed by atoms with Gasteiger partial charge in [0.2, 0.25) is 15.9 Å². The minimum Gasteiger partial charge on any atom is -0.497 e. The molecule has 184 valence electrons. The topological polar surface area (TPSA) is 112 Å². The Bertz CT molecular complexity index is 1120. The highest BCUT2D eigenvalue weighted by atomic mass is 32.2. The molecule has 0 radical (unpaired) electrons. The van der Waals surface area contributed by atoms with Gasteiger partial charge in [0.15, 0.2) is 0 Å². The normalized spacial score (nSPS) is 20.2. The predicted molar refractivity (Wildman–Crippen MR) is 128 cm³/mol. The Morgan fingerprint density at radius 2 is 1.79 bits per heavy atom. The van der Waals surface area contributed by atoms with Gasteiger partial charge in [-0.2, -0.15) is 4.31 Å². The number of ether oxygens (including phenoxy) is 1.